The molecule has 0 aliphatic heterocycles. The molecule has 0 radical (unpaired) electrons. The predicted octanol–water partition coefficient (Wildman–Crippen LogP) is 5.50. The van der Waals surface area contributed by atoms with E-state index in [0.29, 0.717) is 16.3 Å². The summed E-state index contributed by atoms with van der Waals surface area (Å²) in [7, 11) is 0. The lowest BCUT2D eigenvalue weighted by Crippen LogP contribution is -2.21. The number of esters is 1. The molecular weight excluding hydrogens is 440 g/mol. The van der Waals surface area contributed by atoms with E-state index >= 15 is 0 Å². The first-order valence-electron chi connectivity index (χ1n) is 9.08. The van der Waals surface area contributed by atoms with Crippen LogP contribution in [0.15, 0.2) is 76.5 Å². The Morgan fingerprint density at radius 3 is 2.48 bits per heavy atom. The molecule has 3 rings (SSSR count). The fourth-order valence-corrected chi connectivity index (χ4v) is 3.70. The molecule has 0 saturated heterocycles. The van der Waals surface area contributed by atoms with E-state index in [9.17, 15) is 19.7 Å². The highest BCUT2D eigenvalue weighted by molar-refractivity contribution is 7.99. The van der Waals surface area contributed by atoms with Crippen molar-refractivity contribution in [2.24, 2.45) is 0 Å². The van der Waals surface area contributed by atoms with E-state index in [4.69, 9.17) is 16.3 Å². The van der Waals surface area contributed by atoms with Gasteiger partial charge < -0.3 is 10.1 Å². The number of aryl methyl sites for hydroxylation is 1. The van der Waals surface area contributed by atoms with Crippen LogP contribution in [0.4, 0.5) is 11.4 Å². The van der Waals surface area contributed by atoms with Crippen LogP contribution in [0.2, 0.25) is 5.02 Å². The summed E-state index contributed by atoms with van der Waals surface area (Å²) in [4.78, 5) is 36.6. The third-order valence-electron chi connectivity index (χ3n) is 4.17. The maximum Gasteiger partial charge on any atom is 0.338 e. The first kappa shape index (κ1) is 22.3. The molecule has 0 aromatic heterocycles. The predicted molar refractivity (Wildman–Crippen MR) is 119 cm³/mol. The minimum atomic E-state index is -0.739. The number of para-hydroxylation sites is 1. The topological polar surface area (TPSA) is 98.5 Å². The molecule has 7 nitrogen and oxygen atoms in total. The van der Waals surface area contributed by atoms with Gasteiger partial charge in [0.2, 0.25) is 0 Å². The monoisotopic (exact) mass is 456 g/mol. The first-order chi connectivity index (χ1) is 14.8. The molecule has 0 fully saturated rings. The molecule has 9 heteroatoms. The van der Waals surface area contributed by atoms with E-state index in [-0.39, 0.29) is 11.3 Å². The highest BCUT2D eigenvalue weighted by atomic mass is 35.5. The van der Waals surface area contributed by atoms with Crippen LogP contribution in [0.1, 0.15) is 15.9 Å². The summed E-state index contributed by atoms with van der Waals surface area (Å²) >= 11 is 7.37. The number of halogens is 1. The van der Waals surface area contributed by atoms with Crippen molar-refractivity contribution in [1.82, 2.24) is 0 Å². The standard InChI is InChI=1S/C22H17ClN2O5S/c1-14-12-15(6-11-19(14)25(28)29)22(27)30-13-21(26)24-18-4-2-3-5-20(18)31-17-9-7-16(23)8-10-17/h2-12H,13H2,1H3,(H,24,26). The highest BCUT2D eigenvalue weighted by Crippen LogP contribution is 2.33. The molecule has 1 amide bonds. The summed E-state index contributed by atoms with van der Waals surface area (Å²) in [5.41, 5.74) is 0.949. The number of carbonyl (C=O) groups excluding carboxylic acids is 2. The Hall–Kier alpha value is -3.36. The SMILES string of the molecule is Cc1cc(C(=O)OCC(=O)Nc2ccccc2Sc2ccc(Cl)cc2)ccc1[N+](=O)[O-]. The summed E-state index contributed by atoms with van der Waals surface area (Å²) in [6.45, 7) is 1.03. The van der Waals surface area contributed by atoms with Gasteiger partial charge in [0.25, 0.3) is 11.6 Å². The zero-order valence-electron chi connectivity index (χ0n) is 16.3. The molecule has 0 aliphatic carbocycles. The van der Waals surface area contributed by atoms with Crippen LogP contribution in [0, 0.1) is 17.0 Å². The number of hydrogen-bond acceptors (Lipinski definition) is 6. The van der Waals surface area contributed by atoms with Gasteiger partial charge in [-0.1, -0.05) is 35.5 Å². The molecule has 0 bridgehead atoms. The molecule has 0 atom stereocenters. The van der Waals surface area contributed by atoms with Crippen molar-refractivity contribution in [2.45, 2.75) is 16.7 Å². The van der Waals surface area contributed by atoms with Crippen molar-refractivity contribution in [3.63, 3.8) is 0 Å². The van der Waals surface area contributed by atoms with E-state index in [1.165, 1.54) is 36.9 Å². The number of rotatable bonds is 7. The van der Waals surface area contributed by atoms with Crippen LogP contribution in [-0.2, 0) is 9.53 Å². The highest BCUT2D eigenvalue weighted by Gasteiger charge is 2.16. The number of nitro benzene ring substituents is 1. The lowest BCUT2D eigenvalue weighted by Gasteiger charge is -2.11. The number of ether oxygens (including phenoxy) is 1. The average molecular weight is 457 g/mol. The molecule has 0 aliphatic rings. The van der Waals surface area contributed by atoms with Crippen LogP contribution >= 0.6 is 23.4 Å². The van der Waals surface area contributed by atoms with E-state index in [1.54, 1.807) is 24.3 Å². The fourth-order valence-electron chi connectivity index (χ4n) is 2.68. The molecule has 0 unspecified atom stereocenters. The van der Waals surface area contributed by atoms with Crippen molar-refractivity contribution in [1.29, 1.82) is 0 Å². The first-order valence-corrected chi connectivity index (χ1v) is 10.3. The van der Waals surface area contributed by atoms with E-state index in [2.05, 4.69) is 5.32 Å². The summed E-state index contributed by atoms with van der Waals surface area (Å²) in [5.74, 6) is -1.24. The smallest absolute Gasteiger partial charge is 0.338 e. The normalized spacial score (nSPS) is 10.4. The molecule has 1 N–H and O–H groups in total. The minimum absolute atomic E-state index is 0.0934. The van der Waals surface area contributed by atoms with Crippen molar-refractivity contribution < 1.29 is 19.2 Å². The van der Waals surface area contributed by atoms with Gasteiger partial charge in [0, 0.05) is 26.4 Å². The fraction of sp³-hybridized carbons (Fsp3) is 0.0909. The number of anilines is 1. The second kappa shape index (κ2) is 10.1. The molecule has 0 spiro atoms. The summed E-state index contributed by atoms with van der Waals surface area (Å²) in [6, 6.07) is 18.4. The second-order valence-electron chi connectivity index (χ2n) is 6.43. The Morgan fingerprint density at radius 2 is 1.81 bits per heavy atom. The molecule has 3 aromatic carbocycles. The zero-order valence-corrected chi connectivity index (χ0v) is 17.9. The maximum atomic E-state index is 12.3. The Balaban J connectivity index is 1.61. The van der Waals surface area contributed by atoms with Crippen LogP contribution < -0.4 is 5.32 Å². The van der Waals surface area contributed by atoms with Gasteiger partial charge in [-0.2, -0.15) is 0 Å². The van der Waals surface area contributed by atoms with Gasteiger partial charge in [-0.05, 0) is 55.5 Å². The lowest BCUT2D eigenvalue weighted by atomic mass is 10.1. The summed E-state index contributed by atoms with van der Waals surface area (Å²) < 4.78 is 5.05. The maximum absolute atomic E-state index is 12.3. The minimum Gasteiger partial charge on any atom is -0.452 e. The Kier molecular flexibility index (Phi) is 7.28. The molecule has 31 heavy (non-hydrogen) atoms. The van der Waals surface area contributed by atoms with Crippen molar-refractivity contribution >= 4 is 46.6 Å². The van der Waals surface area contributed by atoms with Crippen LogP contribution in [0.3, 0.4) is 0 Å². The van der Waals surface area contributed by atoms with E-state index in [0.717, 1.165) is 9.79 Å². The average Bonchev–Trinajstić information content (AvgIpc) is 2.74. The Morgan fingerprint density at radius 1 is 1.10 bits per heavy atom. The third-order valence-corrected chi connectivity index (χ3v) is 5.50. The van der Waals surface area contributed by atoms with E-state index in [1.807, 2.05) is 24.3 Å². The van der Waals surface area contributed by atoms with Crippen LogP contribution in [0.5, 0.6) is 0 Å². The Labute approximate surface area is 187 Å². The number of benzene rings is 3. The molecule has 0 saturated carbocycles. The quantitative estimate of drug-likeness (QED) is 0.286. The van der Waals surface area contributed by atoms with Gasteiger partial charge in [-0.15, -0.1) is 0 Å². The lowest BCUT2D eigenvalue weighted by molar-refractivity contribution is -0.385. The third kappa shape index (κ3) is 6.07. The zero-order chi connectivity index (χ0) is 22.4. The number of carbonyl (C=O) groups is 2. The molecule has 158 valence electrons. The van der Waals surface area contributed by atoms with Gasteiger partial charge in [-0.3, -0.25) is 14.9 Å². The van der Waals surface area contributed by atoms with Crippen LogP contribution in [0.25, 0.3) is 0 Å². The number of nitrogens with one attached hydrogen (secondary N) is 1. The molecular formula is C22H17ClN2O5S. The molecule has 3 aromatic rings. The summed E-state index contributed by atoms with van der Waals surface area (Å²) in [5, 5.41) is 14.2. The largest absolute Gasteiger partial charge is 0.452 e. The number of nitrogens with zero attached hydrogens (tertiary/aromatic N) is 1. The van der Waals surface area contributed by atoms with Gasteiger partial charge >= 0.3 is 5.97 Å². The van der Waals surface area contributed by atoms with Crippen LogP contribution in [-0.4, -0.2) is 23.4 Å². The van der Waals surface area contributed by atoms with Crippen molar-refractivity contribution in [3.8, 4) is 0 Å². The number of nitro groups is 1. The molecule has 0 heterocycles. The van der Waals surface area contributed by atoms with Gasteiger partial charge in [0.1, 0.15) is 0 Å². The van der Waals surface area contributed by atoms with Gasteiger partial charge in [0.05, 0.1) is 16.2 Å². The summed E-state index contributed by atoms with van der Waals surface area (Å²) in [6.07, 6.45) is 0. The van der Waals surface area contributed by atoms with Crippen molar-refractivity contribution in [3.05, 3.63) is 93.0 Å². The number of hydrogen-bond donors (Lipinski definition) is 1. The van der Waals surface area contributed by atoms with E-state index < -0.39 is 23.4 Å². The Bertz CT molecular complexity index is 1140. The number of amides is 1. The second-order valence-corrected chi connectivity index (χ2v) is 7.99. The van der Waals surface area contributed by atoms with Gasteiger partial charge in [0.15, 0.2) is 6.61 Å². The van der Waals surface area contributed by atoms with Crippen molar-refractivity contribution in [2.75, 3.05) is 11.9 Å². The van der Waals surface area contributed by atoms with Gasteiger partial charge in [-0.25, -0.2) is 4.79 Å².